The van der Waals surface area contributed by atoms with Crippen LogP contribution >= 0.6 is 0 Å². The third-order valence-corrected chi connectivity index (χ3v) is 0. The number of hydrogen-bond donors (Lipinski definition) is 0. The van der Waals surface area contributed by atoms with Gasteiger partial charge in [0.05, 0.1) is 0 Å². The maximum atomic E-state index is 8.58. The Morgan fingerprint density at radius 3 is 0.500 bits per heavy atom. The van der Waals surface area contributed by atoms with E-state index in [1.54, 1.807) is 0 Å². The van der Waals surface area contributed by atoms with Gasteiger partial charge in [0.1, 0.15) is 0 Å². The summed E-state index contributed by atoms with van der Waals surface area (Å²) < 4.78 is 85.1. The Morgan fingerprint density at radius 2 is 0.500 bits per heavy atom. The van der Waals surface area contributed by atoms with E-state index in [1.807, 2.05) is 0 Å². The molecule has 0 aliphatic rings. The van der Waals surface area contributed by atoms with Gasteiger partial charge >= 0.3 is 32.3 Å². The van der Waals surface area contributed by atoms with E-state index in [0.29, 0.717) is 0 Å². The van der Waals surface area contributed by atoms with E-state index >= 15 is 0 Å². The van der Waals surface area contributed by atoms with Crippen LogP contribution in [0.25, 0.3) is 0 Å². The molecule has 0 fully saturated rings. The Labute approximate surface area is 117 Å². The zero-order chi connectivity index (χ0) is 11.7. The second-order valence-electron chi connectivity index (χ2n) is 0.839. The fourth-order valence-corrected chi connectivity index (χ4v) is 0. The molecule has 18 heavy (non-hydrogen) atoms. The van der Waals surface area contributed by atoms with Crippen molar-refractivity contribution in [3.63, 3.8) is 0 Å². The Hall–Kier alpha value is 0.712. The molecule has 0 aromatic heterocycles. The van der Waals surface area contributed by atoms with Gasteiger partial charge < -0.3 is 27.4 Å². The van der Waals surface area contributed by atoms with Crippen LogP contribution < -0.4 is 37.3 Å². The molecule has 0 spiro atoms. The molecule has 0 aromatic rings. The van der Waals surface area contributed by atoms with Crippen molar-refractivity contribution in [2.45, 2.75) is 0 Å². The van der Waals surface area contributed by atoms with E-state index in [-0.39, 0.29) is 27.4 Å². The third kappa shape index (κ3) is 8140. The van der Waals surface area contributed by atoms with Crippen molar-refractivity contribution < 1.29 is 117 Å². The first-order chi connectivity index (χ1) is 5.41. The molecule has 10 N–H and O–H groups in total. The van der Waals surface area contributed by atoms with Gasteiger partial charge in [-0.2, -0.15) is 0 Å². The minimum absolute atomic E-state index is 0. The molecule has 0 bridgehead atoms. The summed E-state index contributed by atoms with van der Waals surface area (Å²) in [7, 11) is -9.89. The van der Waals surface area contributed by atoms with E-state index in [9.17, 15) is 0 Å². The standard InChI is InChI=1S/2ClHO4.5H2O.2O.U/c2*2-1(3,4)5;;;;;;;;/h2*(H,2,3,4,5);5*1H2;;;/q;;;;;;;;;+2/p-2. The van der Waals surface area contributed by atoms with Crippen LogP contribution in [0.1, 0.15) is 0 Å². The van der Waals surface area contributed by atoms with Crippen molar-refractivity contribution in [3.8, 4) is 0 Å². The van der Waals surface area contributed by atoms with Gasteiger partial charge in [-0.3, -0.25) is 0 Å². The molecule has 15 nitrogen and oxygen atoms in total. The van der Waals surface area contributed by atoms with Crippen LogP contribution in [-0.4, -0.2) is 27.4 Å². The summed E-state index contributed by atoms with van der Waals surface area (Å²) in [4.78, 5) is 0. The summed E-state index contributed by atoms with van der Waals surface area (Å²) in [5.41, 5.74) is 0. The number of halogens is 2. The Kier molecular flexibility index (Phi) is 74.8. The van der Waals surface area contributed by atoms with E-state index in [4.69, 9.17) is 41.7 Å². The molecule has 0 aliphatic heterocycles. The normalized spacial score (nSPS) is 7.11. The fraction of sp³-hybridized carbons (Fsp3) is 0. The van der Waals surface area contributed by atoms with Crippen LogP contribution in [-0.2, 0) is 4.47 Å². The summed E-state index contributed by atoms with van der Waals surface area (Å²) in [6, 6.07) is 0. The summed E-state index contributed by atoms with van der Waals surface area (Å²) in [6.45, 7) is 0. The van der Waals surface area contributed by atoms with E-state index in [2.05, 4.69) is 0 Å². The molecule has 0 rings (SSSR count). The zero-order valence-corrected chi connectivity index (χ0v) is 13.5. The predicted molar refractivity (Wildman–Crippen MR) is 19.4 cm³/mol. The molecule has 0 saturated carbocycles. The van der Waals surface area contributed by atoms with E-state index < -0.39 is 48.3 Å². The van der Waals surface area contributed by atoms with Crippen molar-refractivity contribution in [3.05, 3.63) is 0 Å². The van der Waals surface area contributed by atoms with Gasteiger partial charge in [0.15, 0.2) is 0 Å². The molecule has 0 saturated heterocycles. The van der Waals surface area contributed by atoms with Crippen LogP contribution in [0.15, 0.2) is 0 Å². The maximum absolute atomic E-state index is 8.58. The molecule has 0 atom stereocenters. The second kappa shape index (κ2) is 26.3. The first kappa shape index (κ1) is 51.2. The van der Waals surface area contributed by atoms with Crippen LogP contribution in [0.4, 0.5) is 0 Å². The number of hydrogen-bond acceptors (Lipinski definition) is 10. The van der Waals surface area contributed by atoms with Gasteiger partial charge in [0, 0.05) is 0 Å². The van der Waals surface area contributed by atoms with Crippen molar-refractivity contribution in [2.24, 2.45) is 0 Å². The van der Waals surface area contributed by atoms with E-state index in [0.717, 1.165) is 0 Å². The Bertz CT molecular complexity index is 112. The average Bonchev–Trinajstić information content (AvgIpc) is 1.52. The van der Waals surface area contributed by atoms with Gasteiger partial charge in [-0.25, -0.2) is 37.3 Å². The molecule has 0 radical (unpaired) electrons. The van der Waals surface area contributed by atoms with Gasteiger partial charge in [0.2, 0.25) is 0 Å². The van der Waals surface area contributed by atoms with E-state index in [1.165, 1.54) is 0 Å². The van der Waals surface area contributed by atoms with Crippen molar-refractivity contribution >= 4 is 0 Å². The molecule has 0 unspecified atom stereocenters. The zero-order valence-electron chi connectivity index (χ0n) is 7.84. The SMILES string of the molecule is O.O.O.O.O.[O-][Cl+3]([O-])([O-])[O-].[O-][Cl+3]([O-])([O-])[O-].[O]=[U+2]=[O]. The van der Waals surface area contributed by atoms with Crippen LogP contribution in [0, 0.1) is 48.3 Å². The molecule has 0 heterocycles. The molecule has 118 valence electrons. The van der Waals surface area contributed by atoms with Crippen molar-refractivity contribution in [1.29, 1.82) is 0 Å². The molecular formula is H10Cl2O15U. The van der Waals surface area contributed by atoms with Crippen molar-refractivity contribution in [1.82, 2.24) is 0 Å². The minimum atomic E-state index is -4.94. The Morgan fingerprint density at radius 1 is 0.500 bits per heavy atom. The molecule has 0 aliphatic carbocycles. The quantitative estimate of drug-likeness (QED) is 0.270. The first-order valence-corrected chi connectivity index (χ1v) is 7.51. The van der Waals surface area contributed by atoms with Gasteiger partial charge in [-0.15, -0.1) is 20.5 Å². The summed E-state index contributed by atoms with van der Waals surface area (Å²) >= 11 is -2.51. The summed E-state index contributed by atoms with van der Waals surface area (Å²) in [5, 5.41) is 0. The predicted octanol–water partition coefficient (Wildman–Crippen LogP) is -13.9. The third-order valence-electron chi connectivity index (χ3n) is 0. The second-order valence-corrected chi connectivity index (χ2v) is 3.05. The molecule has 18 heteroatoms. The summed E-state index contributed by atoms with van der Waals surface area (Å²) in [5.74, 6) is 0. The summed E-state index contributed by atoms with van der Waals surface area (Å²) in [6.07, 6.45) is 0. The molecule has 0 amide bonds. The van der Waals surface area contributed by atoms with Crippen molar-refractivity contribution in [2.75, 3.05) is 0 Å². The fourth-order valence-electron chi connectivity index (χ4n) is 0. The number of rotatable bonds is 0. The van der Waals surface area contributed by atoms with Gasteiger partial charge in [0.25, 0.3) is 0 Å². The average molecular weight is 559 g/mol. The van der Waals surface area contributed by atoms with Gasteiger partial charge in [-0.1, -0.05) is 0 Å². The van der Waals surface area contributed by atoms with Crippen LogP contribution in [0.3, 0.4) is 0 Å². The van der Waals surface area contributed by atoms with Gasteiger partial charge in [-0.05, 0) is 0 Å². The topological polar surface area (TPSA) is 376 Å². The van der Waals surface area contributed by atoms with Crippen LogP contribution in [0.2, 0.25) is 0 Å². The molecule has 0 aromatic carbocycles. The monoisotopic (exact) mass is 558 g/mol. The molecular weight excluding hydrogens is 549 g/mol. The Balaban J connectivity index is -0.0000000125. The first-order valence-electron chi connectivity index (χ1n) is 1.64. The van der Waals surface area contributed by atoms with Crippen LogP contribution in [0.5, 0.6) is 0 Å².